The van der Waals surface area contributed by atoms with Gasteiger partial charge in [0.05, 0.1) is 13.2 Å². The molecular weight excluding hydrogens is 262 g/mol. The van der Waals surface area contributed by atoms with Gasteiger partial charge in [-0.1, -0.05) is 66.7 Å². The molecule has 0 fully saturated rings. The Morgan fingerprint density at radius 1 is 1.10 bits per heavy atom. The summed E-state index contributed by atoms with van der Waals surface area (Å²) in [4.78, 5) is 11.3. The van der Waals surface area contributed by atoms with Gasteiger partial charge in [0.15, 0.2) is 0 Å². The first-order valence-electron chi connectivity index (χ1n) is 6.88. The Hall–Kier alpha value is -2.39. The number of nitrogens with one attached hydrogen (secondary N) is 1. The highest BCUT2D eigenvalue weighted by molar-refractivity contribution is 5.81. The molecule has 2 aromatic carbocycles. The summed E-state index contributed by atoms with van der Waals surface area (Å²) >= 11 is 0. The molecule has 0 saturated heterocycles. The zero-order chi connectivity index (χ0) is 14.9. The fourth-order valence-corrected chi connectivity index (χ4v) is 2.02. The SMILES string of the molecule is COC(=O)/C=C/[C@@H](NCc1ccccc1)c1ccccc1. The van der Waals surface area contributed by atoms with Gasteiger partial charge in [0.1, 0.15) is 0 Å². The average molecular weight is 281 g/mol. The number of ether oxygens (including phenoxy) is 1. The minimum absolute atomic E-state index is 0.0366. The standard InChI is InChI=1S/C18H19NO2/c1-21-18(20)13-12-17(16-10-6-3-7-11-16)19-14-15-8-4-2-5-9-15/h2-13,17,19H,14H2,1H3/b13-12+/t17-/m1/s1. The van der Waals surface area contributed by atoms with Gasteiger partial charge in [0.2, 0.25) is 0 Å². The average Bonchev–Trinajstić information content (AvgIpc) is 2.56. The Bertz CT molecular complexity index is 579. The lowest BCUT2D eigenvalue weighted by atomic mass is 10.1. The van der Waals surface area contributed by atoms with Crippen LogP contribution in [0.15, 0.2) is 72.8 Å². The van der Waals surface area contributed by atoms with Crippen molar-refractivity contribution in [2.75, 3.05) is 7.11 Å². The lowest BCUT2D eigenvalue weighted by Crippen LogP contribution is -2.19. The van der Waals surface area contributed by atoms with Crippen molar-refractivity contribution in [3.8, 4) is 0 Å². The van der Waals surface area contributed by atoms with Crippen molar-refractivity contribution < 1.29 is 9.53 Å². The van der Waals surface area contributed by atoms with Gasteiger partial charge in [0, 0.05) is 12.6 Å². The molecule has 2 rings (SSSR count). The lowest BCUT2D eigenvalue weighted by Gasteiger charge is -2.15. The first kappa shape index (κ1) is 15.0. The Labute approximate surface area is 125 Å². The van der Waals surface area contributed by atoms with Gasteiger partial charge < -0.3 is 10.1 Å². The largest absolute Gasteiger partial charge is 0.466 e. The molecule has 1 atom stereocenters. The molecule has 0 amide bonds. The summed E-state index contributed by atoms with van der Waals surface area (Å²) in [5.74, 6) is -0.350. The van der Waals surface area contributed by atoms with Crippen LogP contribution in [-0.4, -0.2) is 13.1 Å². The predicted molar refractivity (Wildman–Crippen MR) is 83.6 cm³/mol. The Kier molecular flexibility index (Phi) is 5.73. The van der Waals surface area contributed by atoms with E-state index in [1.807, 2.05) is 54.6 Å². The first-order valence-corrected chi connectivity index (χ1v) is 6.88. The molecule has 0 heterocycles. The van der Waals surface area contributed by atoms with Crippen molar-refractivity contribution in [1.29, 1.82) is 0 Å². The van der Waals surface area contributed by atoms with E-state index in [-0.39, 0.29) is 12.0 Å². The van der Waals surface area contributed by atoms with E-state index in [4.69, 9.17) is 0 Å². The van der Waals surface area contributed by atoms with E-state index in [0.717, 1.165) is 12.1 Å². The van der Waals surface area contributed by atoms with Gasteiger partial charge in [-0.25, -0.2) is 4.79 Å². The molecule has 0 aliphatic rings. The minimum Gasteiger partial charge on any atom is -0.466 e. The van der Waals surface area contributed by atoms with E-state index < -0.39 is 0 Å². The van der Waals surface area contributed by atoms with Crippen molar-refractivity contribution >= 4 is 5.97 Å². The molecule has 0 radical (unpaired) electrons. The molecule has 0 saturated carbocycles. The van der Waals surface area contributed by atoms with E-state index in [1.54, 1.807) is 0 Å². The van der Waals surface area contributed by atoms with Crippen LogP contribution >= 0.6 is 0 Å². The predicted octanol–water partition coefficient (Wildman–Crippen LogP) is 3.25. The minimum atomic E-state index is -0.350. The van der Waals surface area contributed by atoms with Gasteiger partial charge in [-0.15, -0.1) is 0 Å². The number of hydrogen-bond donors (Lipinski definition) is 1. The second kappa shape index (κ2) is 8.02. The van der Waals surface area contributed by atoms with Crippen LogP contribution in [0.2, 0.25) is 0 Å². The third-order valence-corrected chi connectivity index (χ3v) is 3.15. The number of hydrogen-bond acceptors (Lipinski definition) is 3. The number of methoxy groups -OCH3 is 1. The lowest BCUT2D eigenvalue weighted by molar-refractivity contribution is -0.134. The van der Waals surface area contributed by atoms with Gasteiger partial charge >= 0.3 is 5.97 Å². The number of rotatable bonds is 6. The molecule has 0 aliphatic carbocycles. The van der Waals surface area contributed by atoms with Crippen LogP contribution in [0.25, 0.3) is 0 Å². The van der Waals surface area contributed by atoms with Crippen molar-refractivity contribution in [3.63, 3.8) is 0 Å². The maximum Gasteiger partial charge on any atom is 0.330 e. The Morgan fingerprint density at radius 3 is 2.33 bits per heavy atom. The van der Waals surface area contributed by atoms with Crippen molar-refractivity contribution in [1.82, 2.24) is 5.32 Å². The van der Waals surface area contributed by atoms with Crippen LogP contribution < -0.4 is 5.32 Å². The first-order chi connectivity index (χ1) is 10.3. The van der Waals surface area contributed by atoms with E-state index in [2.05, 4.69) is 22.2 Å². The van der Waals surface area contributed by atoms with Gasteiger partial charge in [-0.3, -0.25) is 0 Å². The van der Waals surface area contributed by atoms with E-state index in [0.29, 0.717) is 0 Å². The molecule has 108 valence electrons. The Morgan fingerprint density at radius 2 is 1.71 bits per heavy atom. The summed E-state index contributed by atoms with van der Waals surface area (Å²) < 4.78 is 4.65. The zero-order valence-electron chi connectivity index (χ0n) is 12.0. The normalized spacial score (nSPS) is 12.2. The highest BCUT2D eigenvalue weighted by Crippen LogP contribution is 2.15. The van der Waals surface area contributed by atoms with Gasteiger partial charge in [-0.2, -0.15) is 0 Å². The van der Waals surface area contributed by atoms with E-state index in [1.165, 1.54) is 18.7 Å². The summed E-state index contributed by atoms with van der Waals surface area (Å²) in [6, 6.07) is 20.1. The number of benzene rings is 2. The van der Waals surface area contributed by atoms with E-state index >= 15 is 0 Å². The molecule has 2 aromatic rings. The highest BCUT2D eigenvalue weighted by atomic mass is 16.5. The monoisotopic (exact) mass is 281 g/mol. The fraction of sp³-hybridized carbons (Fsp3) is 0.167. The highest BCUT2D eigenvalue weighted by Gasteiger charge is 2.07. The van der Waals surface area contributed by atoms with Crippen molar-refractivity contribution in [3.05, 3.63) is 83.9 Å². The molecule has 3 nitrogen and oxygen atoms in total. The quantitative estimate of drug-likeness (QED) is 0.652. The maximum atomic E-state index is 11.3. The van der Waals surface area contributed by atoms with Crippen LogP contribution in [0.1, 0.15) is 17.2 Å². The molecule has 3 heteroatoms. The molecule has 1 N–H and O–H groups in total. The topological polar surface area (TPSA) is 38.3 Å². The number of carbonyl (C=O) groups is 1. The molecule has 0 unspecified atom stereocenters. The van der Waals surface area contributed by atoms with Crippen LogP contribution in [0.3, 0.4) is 0 Å². The van der Waals surface area contributed by atoms with Crippen LogP contribution in [0.4, 0.5) is 0 Å². The summed E-state index contributed by atoms with van der Waals surface area (Å²) in [5.41, 5.74) is 2.30. The van der Waals surface area contributed by atoms with Crippen molar-refractivity contribution in [2.24, 2.45) is 0 Å². The maximum absolute atomic E-state index is 11.3. The molecule has 0 aliphatic heterocycles. The molecule has 0 bridgehead atoms. The second-order valence-electron chi connectivity index (χ2n) is 4.64. The number of carbonyl (C=O) groups excluding carboxylic acids is 1. The van der Waals surface area contributed by atoms with Crippen molar-refractivity contribution in [2.45, 2.75) is 12.6 Å². The summed E-state index contributed by atoms with van der Waals surface area (Å²) in [7, 11) is 1.38. The molecule has 21 heavy (non-hydrogen) atoms. The fourth-order valence-electron chi connectivity index (χ4n) is 2.02. The second-order valence-corrected chi connectivity index (χ2v) is 4.64. The van der Waals surface area contributed by atoms with Gasteiger partial charge in [-0.05, 0) is 11.1 Å². The van der Waals surface area contributed by atoms with Crippen LogP contribution in [0, 0.1) is 0 Å². The third kappa shape index (κ3) is 4.89. The third-order valence-electron chi connectivity index (χ3n) is 3.15. The smallest absolute Gasteiger partial charge is 0.330 e. The zero-order valence-corrected chi connectivity index (χ0v) is 12.0. The Balaban J connectivity index is 2.09. The van der Waals surface area contributed by atoms with Gasteiger partial charge in [0.25, 0.3) is 0 Å². The number of esters is 1. The van der Waals surface area contributed by atoms with E-state index in [9.17, 15) is 4.79 Å². The summed E-state index contributed by atoms with van der Waals surface area (Å²) in [6.07, 6.45) is 3.28. The summed E-state index contributed by atoms with van der Waals surface area (Å²) in [6.45, 7) is 0.728. The van der Waals surface area contributed by atoms with Crippen LogP contribution in [0.5, 0.6) is 0 Å². The molecule has 0 spiro atoms. The summed E-state index contributed by atoms with van der Waals surface area (Å²) in [5, 5.41) is 3.44. The van der Waals surface area contributed by atoms with Crippen LogP contribution in [-0.2, 0) is 16.1 Å². The molecule has 0 aromatic heterocycles. The molecular formula is C18H19NO2.